The van der Waals surface area contributed by atoms with Crippen LogP contribution in [-0.4, -0.2) is 22.1 Å². The molecule has 0 unspecified atom stereocenters. The smallest absolute Gasteiger partial charge is 0.190 e. The Morgan fingerprint density at radius 3 is 2.79 bits per heavy atom. The SMILES string of the molecule is CC(C)[C@H]1Oc2ccc(Cl)cc2[C@@H]2CC(c3ccccc3O)=NN12. The first kappa shape index (κ1) is 15.3. The van der Waals surface area contributed by atoms with Crippen LogP contribution in [-0.2, 0) is 0 Å². The zero-order valence-electron chi connectivity index (χ0n) is 13.6. The first-order valence-corrected chi connectivity index (χ1v) is 8.52. The van der Waals surface area contributed by atoms with Crippen LogP contribution in [0.25, 0.3) is 0 Å². The molecular formula is C19H19ClN2O2. The van der Waals surface area contributed by atoms with Crippen LogP contribution >= 0.6 is 11.6 Å². The van der Waals surface area contributed by atoms with E-state index in [9.17, 15) is 5.11 Å². The maximum Gasteiger partial charge on any atom is 0.190 e. The molecule has 0 bridgehead atoms. The number of nitrogens with zero attached hydrogens (tertiary/aromatic N) is 2. The van der Waals surface area contributed by atoms with E-state index in [0.717, 1.165) is 29.0 Å². The number of phenols is 1. The molecule has 5 heteroatoms. The molecule has 0 saturated heterocycles. The Hall–Kier alpha value is -2.20. The van der Waals surface area contributed by atoms with Crippen LogP contribution in [0.2, 0.25) is 5.02 Å². The van der Waals surface area contributed by atoms with Crippen molar-refractivity contribution < 1.29 is 9.84 Å². The van der Waals surface area contributed by atoms with Crippen molar-refractivity contribution in [1.29, 1.82) is 0 Å². The molecule has 2 atom stereocenters. The number of halogens is 1. The predicted octanol–water partition coefficient (Wildman–Crippen LogP) is 4.57. The van der Waals surface area contributed by atoms with Crippen LogP contribution in [0.3, 0.4) is 0 Å². The summed E-state index contributed by atoms with van der Waals surface area (Å²) < 4.78 is 6.17. The fraction of sp³-hybridized carbons (Fsp3) is 0.316. The Kier molecular flexibility index (Phi) is 3.65. The normalized spacial score (nSPS) is 22.0. The molecule has 0 spiro atoms. The number of rotatable bonds is 2. The maximum absolute atomic E-state index is 10.2. The number of aromatic hydroxyl groups is 1. The highest BCUT2D eigenvalue weighted by Crippen LogP contribution is 2.45. The van der Waals surface area contributed by atoms with Gasteiger partial charge in [-0.05, 0) is 30.3 Å². The summed E-state index contributed by atoms with van der Waals surface area (Å²) in [4.78, 5) is 0. The van der Waals surface area contributed by atoms with Gasteiger partial charge in [0.05, 0.1) is 11.8 Å². The molecule has 0 aromatic heterocycles. The van der Waals surface area contributed by atoms with Gasteiger partial charge in [0.1, 0.15) is 11.5 Å². The topological polar surface area (TPSA) is 45.1 Å². The first-order chi connectivity index (χ1) is 11.5. The maximum atomic E-state index is 10.2. The van der Waals surface area contributed by atoms with Crippen molar-refractivity contribution in [3.63, 3.8) is 0 Å². The summed E-state index contributed by atoms with van der Waals surface area (Å²) in [6, 6.07) is 13.1. The molecule has 124 valence electrons. The summed E-state index contributed by atoms with van der Waals surface area (Å²) in [5.41, 5.74) is 2.70. The van der Waals surface area contributed by atoms with E-state index in [0.29, 0.717) is 5.02 Å². The minimum absolute atomic E-state index is 0.0782. The molecular weight excluding hydrogens is 324 g/mol. The van der Waals surface area contributed by atoms with Crippen LogP contribution in [0.1, 0.15) is 37.4 Å². The van der Waals surface area contributed by atoms with Gasteiger partial charge in [0.15, 0.2) is 6.23 Å². The zero-order chi connectivity index (χ0) is 16.8. The van der Waals surface area contributed by atoms with Crippen LogP contribution < -0.4 is 4.74 Å². The van der Waals surface area contributed by atoms with Gasteiger partial charge in [0.25, 0.3) is 0 Å². The molecule has 24 heavy (non-hydrogen) atoms. The third-order valence-electron chi connectivity index (χ3n) is 4.57. The van der Waals surface area contributed by atoms with Gasteiger partial charge in [-0.2, -0.15) is 5.10 Å². The van der Waals surface area contributed by atoms with Crippen molar-refractivity contribution in [3.8, 4) is 11.5 Å². The quantitative estimate of drug-likeness (QED) is 0.869. The number of hydrogen-bond acceptors (Lipinski definition) is 4. The Balaban J connectivity index is 1.79. The van der Waals surface area contributed by atoms with Gasteiger partial charge in [-0.15, -0.1) is 0 Å². The van der Waals surface area contributed by atoms with Gasteiger partial charge in [-0.25, -0.2) is 5.01 Å². The molecule has 2 aromatic rings. The molecule has 0 radical (unpaired) electrons. The van der Waals surface area contributed by atoms with Gasteiger partial charge in [0.2, 0.25) is 0 Å². The van der Waals surface area contributed by atoms with Crippen molar-refractivity contribution in [1.82, 2.24) is 5.01 Å². The molecule has 4 nitrogen and oxygen atoms in total. The van der Waals surface area contributed by atoms with Gasteiger partial charge in [-0.1, -0.05) is 37.6 Å². The van der Waals surface area contributed by atoms with Gasteiger partial charge < -0.3 is 9.84 Å². The largest absolute Gasteiger partial charge is 0.507 e. The van der Waals surface area contributed by atoms with Gasteiger partial charge in [-0.3, -0.25) is 0 Å². The second kappa shape index (κ2) is 5.71. The zero-order valence-corrected chi connectivity index (χ0v) is 14.4. The number of hydrazone groups is 1. The molecule has 2 aliphatic rings. The number of ether oxygens (including phenoxy) is 1. The average molecular weight is 343 g/mol. The number of para-hydroxylation sites is 1. The van der Waals surface area contributed by atoms with Gasteiger partial charge in [0, 0.05) is 28.5 Å². The van der Waals surface area contributed by atoms with Crippen molar-refractivity contribution in [2.24, 2.45) is 11.0 Å². The molecule has 2 aliphatic heterocycles. The standard InChI is InChI=1S/C19H19ClN2O2/c1-11(2)19-22-16(14-9-12(20)7-8-18(14)24-19)10-15(21-22)13-5-3-4-6-17(13)23/h3-9,11,16,19,23H,10H2,1-2H3/t16-,19+/m0/s1. The van der Waals surface area contributed by atoms with Crippen molar-refractivity contribution in [2.45, 2.75) is 32.5 Å². The Morgan fingerprint density at radius 1 is 1.25 bits per heavy atom. The molecule has 2 aromatic carbocycles. The monoisotopic (exact) mass is 342 g/mol. The molecule has 4 rings (SSSR count). The van der Waals surface area contributed by atoms with Crippen LogP contribution in [0.15, 0.2) is 47.6 Å². The number of benzene rings is 2. The Labute approximate surface area is 146 Å². The Morgan fingerprint density at radius 2 is 2.04 bits per heavy atom. The summed E-state index contributed by atoms with van der Waals surface area (Å²) in [5, 5.41) is 17.7. The summed E-state index contributed by atoms with van der Waals surface area (Å²) >= 11 is 6.19. The van der Waals surface area contributed by atoms with E-state index in [1.165, 1.54) is 0 Å². The van der Waals surface area contributed by atoms with Crippen molar-refractivity contribution >= 4 is 17.3 Å². The highest BCUT2D eigenvalue weighted by molar-refractivity contribution is 6.30. The summed E-state index contributed by atoms with van der Waals surface area (Å²) in [6.45, 7) is 4.24. The lowest BCUT2D eigenvalue weighted by Gasteiger charge is -2.40. The highest BCUT2D eigenvalue weighted by atomic mass is 35.5. The Bertz CT molecular complexity index is 819. The van der Waals surface area contributed by atoms with E-state index < -0.39 is 0 Å². The van der Waals surface area contributed by atoms with E-state index >= 15 is 0 Å². The molecule has 0 amide bonds. The molecule has 0 fully saturated rings. The summed E-state index contributed by atoms with van der Waals surface area (Å²) in [7, 11) is 0. The van der Waals surface area contributed by atoms with E-state index in [2.05, 4.69) is 13.8 Å². The fourth-order valence-corrected chi connectivity index (χ4v) is 3.59. The van der Waals surface area contributed by atoms with Crippen LogP contribution in [0.4, 0.5) is 0 Å². The van der Waals surface area contributed by atoms with Crippen LogP contribution in [0.5, 0.6) is 11.5 Å². The first-order valence-electron chi connectivity index (χ1n) is 8.15. The van der Waals surface area contributed by atoms with E-state index in [1.54, 1.807) is 6.07 Å². The third-order valence-corrected chi connectivity index (χ3v) is 4.80. The minimum atomic E-state index is -0.132. The van der Waals surface area contributed by atoms with E-state index in [4.69, 9.17) is 21.4 Å². The lowest BCUT2D eigenvalue weighted by atomic mass is 9.95. The predicted molar refractivity (Wildman–Crippen MR) is 94.5 cm³/mol. The van der Waals surface area contributed by atoms with Crippen LogP contribution in [0, 0.1) is 5.92 Å². The second-order valence-corrected chi connectivity index (χ2v) is 7.03. The average Bonchev–Trinajstić information content (AvgIpc) is 2.99. The van der Waals surface area contributed by atoms with E-state index in [-0.39, 0.29) is 23.9 Å². The second-order valence-electron chi connectivity index (χ2n) is 6.60. The lowest BCUT2D eigenvalue weighted by Crippen LogP contribution is -2.43. The van der Waals surface area contributed by atoms with Crippen molar-refractivity contribution in [3.05, 3.63) is 58.6 Å². The number of phenolic OH excluding ortho intramolecular Hbond substituents is 1. The molecule has 0 saturated carbocycles. The summed E-state index contributed by atoms with van der Waals surface area (Å²) in [6.07, 6.45) is 0.587. The van der Waals surface area contributed by atoms with Crippen molar-refractivity contribution in [2.75, 3.05) is 0 Å². The number of fused-ring (bicyclic) bond motifs is 3. The molecule has 1 N–H and O–H groups in total. The third kappa shape index (κ3) is 2.42. The minimum Gasteiger partial charge on any atom is -0.507 e. The fourth-order valence-electron chi connectivity index (χ4n) is 3.41. The molecule has 0 aliphatic carbocycles. The lowest BCUT2D eigenvalue weighted by molar-refractivity contribution is -0.0461. The van der Waals surface area contributed by atoms with E-state index in [1.807, 2.05) is 41.4 Å². The molecule has 2 heterocycles. The number of hydrogen-bond donors (Lipinski definition) is 1. The van der Waals surface area contributed by atoms with Gasteiger partial charge >= 0.3 is 0 Å². The summed E-state index contributed by atoms with van der Waals surface area (Å²) in [5.74, 6) is 1.40. The highest BCUT2D eigenvalue weighted by Gasteiger charge is 2.41.